The quantitative estimate of drug-likeness (QED) is 0.755. The van der Waals surface area contributed by atoms with E-state index in [9.17, 15) is 0 Å². The number of fused-ring (bicyclic) bond motifs is 1. The predicted octanol–water partition coefficient (Wildman–Crippen LogP) is 5.34. The summed E-state index contributed by atoms with van der Waals surface area (Å²) >= 11 is 12.3. The van der Waals surface area contributed by atoms with Crippen LogP contribution in [0.4, 0.5) is 0 Å². The van der Waals surface area contributed by atoms with Crippen molar-refractivity contribution in [2.45, 2.75) is 43.9 Å². The average Bonchev–Trinajstić information content (AvgIpc) is 2.81. The minimum atomic E-state index is 0.298. The molecule has 4 aliphatic rings. The van der Waals surface area contributed by atoms with Crippen LogP contribution in [-0.2, 0) is 5.41 Å². The molecule has 0 saturated heterocycles. The number of imidazole rings is 1. The van der Waals surface area contributed by atoms with Crippen LogP contribution >= 0.6 is 23.2 Å². The first-order chi connectivity index (χ1) is 10.1. The molecule has 0 unspecified atom stereocenters. The average molecular weight is 321 g/mol. The van der Waals surface area contributed by atoms with Gasteiger partial charge in [0.15, 0.2) is 0 Å². The van der Waals surface area contributed by atoms with E-state index in [2.05, 4.69) is 4.98 Å². The topological polar surface area (TPSA) is 28.7 Å². The molecule has 4 saturated carbocycles. The summed E-state index contributed by atoms with van der Waals surface area (Å²) in [5.41, 5.74) is 2.28. The normalized spacial score (nSPS) is 37.5. The predicted molar refractivity (Wildman–Crippen MR) is 86.0 cm³/mol. The van der Waals surface area contributed by atoms with E-state index in [1.165, 1.54) is 44.3 Å². The first kappa shape index (κ1) is 12.8. The first-order valence-corrected chi connectivity index (χ1v) is 8.72. The lowest BCUT2D eigenvalue weighted by atomic mass is 9.49. The minimum Gasteiger partial charge on any atom is -0.341 e. The minimum absolute atomic E-state index is 0.298. The van der Waals surface area contributed by atoms with Gasteiger partial charge in [-0.15, -0.1) is 0 Å². The number of hydrogen-bond acceptors (Lipinski definition) is 1. The molecule has 2 aromatic rings. The summed E-state index contributed by atoms with van der Waals surface area (Å²) in [5, 5.41) is 1.19. The van der Waals surface area contributed by atoms with E-state index in [-0.39, 0.29) is 0 Å². The van der Waals surface area contributed by atoms with Gasteiger partial charge in [0.25, 0.3) is 0 Å². The van der Waals surface area contributed by atoms with E-state index in [0.717, 1.165) is 28.8 Å². The molecule has 110 valence electrons. The first-order valence-electron chi connectivity index (χ1n) is 7.96. The summed E-state index contributed by atoms with van der Waals surface area (Å²) in [6, 6.07) is 3.80. The molecule has 4 heteroatoms. The molecule has 1 N–H and O–H groups in total. The van der Waals surface area contributed by atoms with Crippen molar-refractivity contribution in [1.29, 1.82) is 0 Å². The Labute approximate surface area is 134 Å². The monoisotopic (exact) mass is 320 g/mol. The summed E-state index contributed by atoms with van der Waals surface area (Å²) in [4.78, 5) is 8.47. The number of rotatable bonds is 1. The molecule has 1 aromatic carbocycles. The number of aromatic amines is 1. The van der Waals surface area contributed by atoms with Crippen molar-refractivity contribution in [1.82, 2.24) is 9.97 Å². The Hall–Kier alpha value is -0.730. The molecule has 4 aliphatic carbocycles. The van der Waals surface area contributed by atoms with Crippen LogP contribution in [0.3, 0.4) is 0 Å². The van der Waals surface area contributed by atoms with Crippen LogP contribution in [0.15, 0.2) is 12.1 Å². The van der Waals surface area contributed by atoms with Gasteiger partial charge in [0.05, 0.1) is 21.1 Å². The molecule has 6 rings (SSSR count). The highest BCUT2D eigenvalue weighted by molar-refractivity contribution is 6.42. The summed E-state index contributed by atoms with van der Waals surface area (Å²) in [7, 11) is 0. The smallest absolute Gasteiger partial charge is 0.113 e. The lowest BCUT2D eigenvalue weighted by Crippen LogP contribution is -2.49. The molecule has 0 radical (unpaired) electrons. The molecular formula is C17H18Cl2N2. The summed E-state index contributed by atoms with van der Waals surface area (Å²) in [5.74, 6) is 3.97. The van der Waals surface area contributed by atoms with Crippen molar-refractivity contribution >= 4 is 34.2 Å². The Bertz CT molecular complexity index is 659. The van der Waals surface area contributed by atoms with Crippen molar-refractivity contribution in [3.63, 3.8) is 0 Å². The second-order valence-corrected chi connectivity index (χ2v) is 8.38. The van der Waals surface area contributed by atoms with Gasteiger partial charge < -0.3 is 4.98 Å². The highest BCUT2D eigenvalue weighted by Crippen LogP contribution is 2.60. The van der Waals surface area contributed by atoms with Crippen molar-refractivity contribution in [2.24, 2.45) is 17.8 Å². The van der Waals surface area contributed by atoms with E-state index in [1.807, 2.05) is 12.1 Å². The lowest BCUT2D eigenvalue weighted by molar-refractivity contribution is -0.00886. The number of benzene rings is 1. The Morgan fingerprint density at radius 1 is 0.952 bits per heavy atom. The van der Waals surface area contributed by atoms with Gasteiger partial charge in [-0.3, -0.25) is 0 Å². The van der Waals surface area contributed by atoms with E-state index in [0.29, 0.717) is 15.5 Å². The zero-order valence-electron chi connectivity index (χ0n) is 11.8. The van der Waals surface area contributed by atoms with E-state index in [4.69, 9.17) is 28.2 Å². The fraction of sp³-hybridized carbons (Fsp3) is 0.588. The third-order valence-corrected chi connectivity index (χ3v) is 6.79. The molecule has 21 heavy (non-hydrogen) atoms. The second kappa shape index (κ2) is 4.17. The molecule has 0 atom stereocenters. The number of hydrogen-bond donors (Lipinski definition) is 1. The largest absolute Gasteiger partial charge is 0.341 e. The molecule has 2 nitrogen and oxygen atoms in total. The van der Waals surface area contributed by atoms with Gasteiger partial charge in [-0.2, -0.15) is 0 Å². The maximum atomic E-state index is 6.14. The second-order valence-electron chi connectivity index (χ2n) is 7.57. The summed E-state index contributed by atoms with van der Waals surface area (Å²) in [6.45, 7) is 0. The summed E-state index contributed by atoms with van der Waals surface area (Å²) < 4.78 is 0. The molecular weight excluding hydrogens is 303 g/mol. The molecule has 0 spiro atoms. The number of H-pyrrole nitrogens is 1. The van der Waals surface area contributed by atoms with Crippen LogP contribution in [0.25, 0.3) is 11.0 Å². The van der Waals surface area contributed by atoms with Crippen molar-refractivity contribution in [3.05, 3.63) is 28.0 Å². The fourth-order valence-corrected chi connectivity index (χ4v) is 5.98. The molecule has 0 aliphatic heterocycles. The lowest BCUT2D eigenvalue weighted by Gasteiger charge is -2.55. The van der Waals surface area contributed by atoms with E-state index >= 15 is 0 Å². The molecule has 1 heterocycles. The highest BCUT2D eigenvalue weighted by atomic mass is 35.5. The van der Waals surface area contributed by atoms with Crippen molar-refractivity contribution < 1.29 is 0 Å². The van der Waals surface area contributed by atoms with Gasteiger partial charge in [0, 0.05) is 5.41 Å². The van der Waals surface area contributed by atoms with Crippen LogP contribution < -0.4 is 0 Å². The Balaban J connectivity index is 1.63. The maximum absolute atomic E-state index is 6.14. The molecule has 0 amide bonds. The molecule has 4 bridgehead atoms. The maximum Gasteiger partial charge on any atom is 0.113 e. The van der Waals surface area contributed by atoms with Gasteiger partial charge in [-0.25, -0.2) is 4.98 Å². The molecule has 4 fully saturated rings. The number of nitrogens with zero attached hydrogens (tertiary/aromatic N) is 1. The third-order valence-electron chi connectivity index (χ3n) is 6.06. The van der Waals surface area contributed by atoms with Crippen LogP contribution in [-0.4, -0.2) is 9.97 Å². The van der Waals surface area contributed by atoms with Gasteiger partial charge in [-0.05, 0) is 68.4 Å². The Kier molecular flexibility index (Phi) is 2.54. The Morgan fingerprint density at radius 2 is 1.52 bits per heavy atom. The Morgan fingerprint density at radius 3 is 2.14 bits per heavy atom. The fourth-order valence-electron chi connectivity index (χ4n) is 5.66. The van der Waals surface area contributed by atoms with Crippen LogP contribution in [0.5, 0.6) is 0 Å². The van der Waals surface area contributed by atoms with Crippen LogP contribution in [0.1, 0.15) is 44.3 Å². The van der Waals surface area contributed by atoms with Gasteiger partial charge in [0.2, 0.25) is 0 Å². The van der Waals surface area contributed by atoms with E-state index < -0.39 is 0 Å². The third kappa shape index (κ3) is 1.82. The van der Waals surface area contributed by atoms with Crippen molar-refractivity contribution in [3.8, 4) is 0 Å². The van der Waals surface area contributed by atoms with E-state index in [1.54, 1.807) is 0 Å². The highest BCUT2D eigenvalue weighted by Gasteiger charge is 2.53. The van der Waals surface area contributed by atoms with Crippen LogP contribution in [0.2, 0.25) is 10.0 Å². The SMILES string of the molecule is Clc1cc2nc(C34CC5CC(CC(C5)C3)C4)[nH]c2cc1Cl. The number of aromatic nitrogens is 2. The van der Waals surface area contributed by atoms with Crippen LogP contribution in [0, 0.1) is 17.8 Å². The zero-order valence-corrected chi connectivity index (χ0v) is 13.3. The van der Waals surface area contributed by atoms with Gasteiger partial charge in [-0.1, -0.05) is 23.2 Å². The number of nitrogens with one attached hydrogen (secondary N) is 1. The van der Waals surface area contributed by atoms with Crippen molar-refractivity contribution in [2.75, 3.05) is 0 Å². The standard InChI is InChI=1S/C17H18Cl2N2/c18-12-4-14-15(5-13(12)19)21-16(20-14)17-6-9-1-10(7-17)3-11(2-9)8-17/h4-5,9-11H,1-3,6-8H2,(H,20,21). The van der Waals surface area contributed by atoms with Gasteiger partial charge >= 0.3 is 0 Å². The summed E-state index contributed by atoms with van der Waals surface area (Å²) in [6.07, 6.45) is 8.33. The zero-order chi connectivity index (χ0) is 14.2. The number of halogens is 2. The van der Waals surface area contributed by atoms with Gasteiger partial charge in [0.1, 0.15) is 5.82 Å². The molecule has 1 aromatic heterocycles.